The van der Waals surface area contributed by atoms with Crippen LogP contribution in [-0.2, 0) is 19.1 Å². The van der Waals surface area contributed by atoms with Crippen LogP contribution >= 0.6 is 13.5 Å². The van der Waals surface area contributed by atoms with Gasteiger partial charge in [0, 0.05) is 24.9 Å². The predicted molar refractivity (Wildman–Crippen MR) is 179 cm³/mol. The van der Waals surface area contributed by atoms with Crippen molar-refractivity contribution < 1.29 is 20.5 Å². The lowest BCUT2D eigenvalue weighted by atomic mass is 10.1. The Morgan fingerprint density at radius 1 is 0.619 bits per heavy atom. The van der Waals surface area contributed by atoms with Crippen LogP contribution in [0, 0.1) is 0 Å². The largest absolute Gasteiger partial charge is 0.466 e. The summed E-state index contributed by atoms with van der Waals surface area (Å²) in [7, 11) is 2.91. The Hall–Kier alpha value is -3.19. The van der Waals surface area contributed by atoms with Gasteiger partial charge in [0.15, 0.2) is 0 Å². The molecule has 2 aliphatic carbocycles. The lowest BCUT2D eigenvalue weighted by Crippen LogP contribution is -2.22. The molecule has 6 nitrogen and oxygen atoms in total. The van der Waals surface area contributed by atoms with E-state index in [0.717, 1.165) is 73.9 Å². The topological polar surface area (TPSA) is 76.7 Å². The van der Waals surface area contributed by atoms with Crippen LogP contribution < -0.4 is 10.6 Å². The zero-order valence-corrected chi connectivity index (χ0v) is 26.1. The van der Waals surface area contributed by atoms with Crippen molar-refractivity contribution in [1.29, 1.82) is 0 Å². The summed E-state index contributed by atoms with van der Waals surface area (Å²) in [5.41, 5.74) is 6.24. The number of nitrogens with one attached hydrogen (secondary N) is 2. The highest BCUT2D eigenvalue weighted by atomic mass is 32.1. The molecular weight excluding hydrogens is 544 g/mol. The average molecular weight is 599 g/mol. The maximum atomic E-state index is 11.9. The molecule has 0 amide bonds. The second-order valence-electron chi connectivity index (χ2n) is 10.6. The SMILES string of the molecule is C.COC(=O)C1=C(N[C@H](C)c2ccccc2)CCCCC1.COC(=O)C1=C(N[C@H](C)c2ccccc2)CCCCC1.S.[HH]. The van der Waals surface area contributed by atoms with Crippen molar-refractivity contribution in [2.45, 2.75) is 97.6 Å². The number of ether oxygens (including phenoxy) is 2. The van der Waals surface area contributed by atoms with Crippen molar-refractivity contribution in [3.63, 3.8) is 0 Å². The fraction of sp³-hybridized carbons (Fsp3) is 0.486. The van der Waals surface area contributed by atoms with E-state index in [1.54, 1.807) is 0 Å². The molecule has 0 saturated carbocycles. The standard InChI is InChI=1S/2C17H23NO2.CH4.H2S.H2/c2*1-13(14-9-5-3-6-10-14)18-16-12-8-4-7-11-15(16)17(19)20-2;;;/h2*3,5-6,9-10,13,18H,4,7-8,11-12H2,1-2H3;1H4;1H2;1H/t2*13-;;;/m11.../s1. The number of benzene rings is 2. The Bertz CT molecular complexity index is 1060. The molecule has 2 aliphatic rings. The summed E-state index contributed by atoms with van der Waals surface area (Å²) >= 11 is 0. The van der Waals surface area contributed by atoms with E-state index in [1.165, 1.54) is 38.2 Å². The first-order chi connectivity index (χ1) is 19.4. The number of carbonyl (C=O) groups is 2. The number of esters is 2. The summed E-state index contributed by atoms with van der Waals surface area (Å²) in [6, 6.07) is 21.0. The van der Waals surface area contributed by atoms with Gasteiger partial charge < -0.3 is 20.1 Å². The maximum Gasteiger partial charge on any atom is 0.335 e. The number of allylic oxidation sites excluding steroid dienone is 2. The molecule has 0 bridgehead atoms. The van der Waals surface area contributed by atoms with E-state index < -0.39 is 0 Å². The summed E-state index contributed by atoms with van der Waals surface area (Å²) < 4.78 is 9.85. The molecule has 2 N–H and O–H groups in total. The molecule has 0 spiro atoms. The third-order valence-corrected chi connectivity index (χ3v) is 7.68. The third-order valence-electron chi connectivity index (χ3n) is 7.68. The number of carbonyl (C=O) groups excluding carboxylic acids is 2. The van der Waals surface area contributed by atoms with E-state index in [0.29, 0.717) is 0 Å². The van der Waals surface area contributed by atoms with Gasteiger partial charge in [0.2, 0.25) is 0 Å². The van der Waals surface area contributed by atoms with Gasteiger partial charge in [-0.1, -0.05) is 80.9 Å². The lowest BCUT2D eigenvalue weighted by molar-refractivity contribution is -0.137. The molecule has 0 fully saturated rings. The van der Waals surface area contributed by atoms with Gasteiger partial charge in [-0.2, -0.15) is 13.5 Å². The summed E-state index contributed by atoms with van der Waals surface area (Å²) in [6.07, 6.45) is 10.2. The van der Waals surface area contributed by atoms with Crippen LogP contribution in [0.1, 0.15) is 110 Å². The van der Waals surface area contributed by atoms with Crippen LogP contribution in [0.15, 0.2) is 83.2 Å². The van der Waals surface area contributed by atoms with Gasteiger partial charge in [-0.05, 0) is 76.3 Å². The van der Waals surface area contributed by atoms with E-state index in [-0.39, 0.29) is 46.4 Å². The normalized spacial score (nSPS) is 16.5. The first-order valence-electron chi connectivity index (χ1n) is 14.7. The summed E-state index contributed by atoms with van der Waals surface area (Å²) in [5, 5.41) is 7.04. The van der Waals surface area contributed by atoms with Gasteiger partial charge >= 0.3 is 11.9 Å². The Kier molecular flexibility index (Phi) is 17.4. The molecular formula is C35H54N2O4S. The number of hydrogen-bond acceptors (Lipinski definition) is 6. The quantitative estimate of drug-likeness (QED) is 0.297. The zero-order valence-electron chi connectivity index (χ0n) is 25.1. The highest BCUT2D eigenvalue weighted by molar-refractivity contribution is 7.59. The molecule has 2 atom stereocenters. The van der Waals surface area contributed by atoms with Crippen molar-refractivity contribution in [2.75, 3.05) is 14.2 Å². The van der Waals surface area contributed by atoms with Crippen molar-refractivity contribution in [2.24, 2.45) is 0 Å². The van der Waals surface area contributed by atoms with Crippen molar-refractivity contribution in [3.05, 3.63) is 94.3 Å². The highest BCUT2D eigenvalue weighted by Gasteiger charge is 2.21. The molecule has 4 rings (SSSR count). The molecule has 0 unspecified atom stereocenters. The molecule has 234 valence electrons. The molecule has 0 aromatic heterocycles. The predicted octanol–water partition coefficient (Wildman–Crippen LogP) is 8.45. The van der Waals surface area contributed by atoms with E-state index in [2.05, 4.69) is 48.7 Å². The summed E-state index contributed by atoms with van der Waals surface area (Å²) in [4.78, 5) is 23.9. The number of rotatable bonds is 8. The fourth-order valence-corrected chi connectivity index (χ4v) is 5.35. The van der Waals surface area contributed by atoms with Gasteiger partial charge in [-0.15, -0.1) is 0 Å². The molecule has 0 heterocycles. The van der Waals surface area contributed by atoms with Crippen LogP contribution in [0.2, 0.25) is 0 Å². The number of hydrogen-bond donors (Lipinski definition) is 2. The van der Waals surface area contributed by atoms with E-state index in [4.69, 9.17) is 9.47 Å². The van der Waals surface area contributed by atoms with E-state index >= 15 is 0 Å². The molecule has 0 radical (unpaired) electrons. The average Bonchev–Trinajstić information content (AvgIpc) is 3.38. The monoisotopic (exact) mass is 598 g/mol. The van der Waals surface area contributed by atoms with Gasteiger partial charge in [-0.25, -0.2) is 9.59 Å². The second-order valence-corrected chi connectivity index (χ2v) is 10.6. The summed E-state index contributed by atoms with van der Waals surface area (Å²) in [5.74, 6) is -0.371. The maximum absolute atomic E-state index is 11.9. The number of methoxy groups -OCH3 is 2. The molecule has 0 saturated heterocycles. The third kappa shape index (κ3) is 11.2. The molecule has 0 aliphatic heterocycles. The first kappa shape index (κ1) is 36.8. The Labute approximate surface area is 262 Å². The Morgan fingerprint density at radius 3 is 1.29 bits per heavy atom. The second kappa shape index (κ2) is 19.8. The van der Waals surface area contributed by atoms with Gasteiger partial charge in [0.05, 0.1) is 25.4 Å². The fourth-order valence-electron chi connectivity index (χ4n) is 5.35. The minimum Gasteiger partial charge on any atom is -0.466 e. The van der Waals surface area contributed by atoms with Crippen molar-refractivity contribution >= 4 is 25.4 Å². The highest BCUT2D eigenvalue weighted by Crippen LogP contribution is 2.27. The molecule has 42 heavy (non-hydrogen) atoms. The Morgan fingerprint density at radius 2 is 0.952 bits per heavy atom. The van der Waals surface area contributed by atoms with Crippen LogP contribution in [0.3, 0.4) is 0 Å². The van der Waals surface area contributed by atoms with E-state index in [1.807, 2.05) is 36.4 Å². The van der Waals surface area contributed by atoms with Crippen LogP contribution in [0.25, 0.3) is 0 Å². The van der Waals surface area contributed by atoms with Gasteiger partial charge in [-0.3, -0.25) is 0 Å². The smallest absolute Gasteiger partial charge is 0.335 e. The first-order valence-corrected chi connectivity index (χ1v) is 14.7. The van der Waals surface area contributed by atoms with Crippen LogP contribution in [-0.4, -0.2) is 26.2 Å². The summed E-state index contributed by atoms with van der Waals surface area (Å²) in [6.45, 7) is 4.25. The molecule has 7 heteroatoms. The molecule has 2 aromatic rings. The zero-order chi connectivity index (χ0) is 28.7. The van der Waals surface area contributed by atoms with Gasteiger partial charge in [0.25, 0.3) is 0 Å². The van der Waals surface area contributed by atoms with E-state index in [9.17, 15) is 9.59 Å². The van der Waals surface area contributed by atoms with Gasteiger partial charge in [0.1, 0.15) is 0 Å². The minimum atomic E-state index is -0.185. The van der Waals surface area contributed by atoms with Crippen molar-refractivity contribution in [1.82, 2.24) is 10.6 Å². The van der Waals surface area contributed by atoms with Crippen molar-refractivity contribution in [3.8, 4) is 0 Å². The van der Waals surface area contributed by atoms with Crippen LogP contribution in [0.5, 0.6) is 0 Å². The van der Waals surface area contributed by atoms with Crippen LogP contribution in [0.4, 0.5) is 0 Å². The Balaban J connectivity index is 0.000000767. The minimum absolute atomic E-state index is 0. The lowest BCUT2D eigenvalue weighted by Gasteiger charge is -2.20. The molecule has 2 aromatic carbocycles.